The molecular formula is C12H12O5. The van der Waals surface area contributed by atoms with E-state index in [1.807, 2.05) is 0 Å². The monoisotopic (exact) mass is 236 g/mol. The summed E-state index contributed by atoms with van der Waals surface area (Å²) < 4.78 is 9.77. The highest BCUT2D eigenvalue weighted by molar-refractivity contribution is 5.97. The Kier molecular flexibility index (Phi) is 2.36. The van der Waals surface area contributed by atoms with Crippen molar-refractivity contribution in [2.75, 3.05) is 7.11 Å². The number of methoxy groups -OCH3 is 1. The second kappa shape index (κ2) is 3.49. The van der Waals surface area contributed by atoms with Crippen molar-refractivity contribution in [3.63, 3.8) is 0 Å². The Labute approximate surface area is 97.9 Å². The van der Waals surface area contributed by atoms with Gasteiger partial charge < -0.3 is 19.7 Å². The number of fused-ring (bicyclic) bond motifs is 1. The maximum atomic E-state index is 11.6. The van der Waals surface area contributed by atoms with Crippen molar-refractivity contribution in [1.82, 2.24) is 0 Å². The van der Waals surface area contributed by atoms with Crippen LogP contribution in [0.3, 0.4) is 0 Å². The molecule has 0 radical (unpaired) electrons. The third-order valence-corrected chi connectivity index (χ3v) is 2.81. The topological polar surface area (TPSA) is 76.0 Å². The second-order valence-corrected chi connectivity index (χ2v) is 3.95. The van der Waals surface area contributed by atoms with Crippen molar-refractivity contribution in [3.8, 4) is 11.5 Å². The lowest BCUT2D eigenvalue weighted by molar-refractivity contribution is 0.00825. The Balaban J connectivity index is 2.75. The molecule has 17 heavy (non-hydrogen) atoms. The summed E-state index contributed by atoms with van der Waals surface area (Å²) in [6.07, 6.45) is 0. The Morgan fingerprint density at radius 1 is 1.47 bits per heavy atom. The van der Waals surface area contributed by atoms with Crippen LogP contribution < -0.4 is 4.74 Å². The molecule has 5 heteroatoms. The zero-order chi connectivity index (χ0) is 12.8. The van der Waals surface area contributed by atoms with E-state index >= 15 is 0 Å². The minimum Gasteiger partial charge on any atom is -0.507 e. The third kappa shape index (κ3) is 1.55. The summed E-state index contributed by atoms with van der Waals surface area (Å²) in [6.45, 7) is 4.92. The molecular weight excluding hydrogens is 224 g/mol. The SMILES string of the molecule is C=C1OC(=O)c2c(O)cc(OC)cc2C1(C)O. The molecule has 0 aliphatic carbocycles. The molecule has 1 unspecified atom stereocenters. The van der Waals surface area contributed by atoms with Crippen molar-refractivity contribution >= 4 is 5.97 Å². The predicted molar refractivity (Wildman–Crippen MR) is 58.8 cm³/mol. The lowest BCUT2D eigenvalue weighted by atomic mass is 9.87. The molecule has 0 fully saturated rings. The summed E-state index contributed by atoms with van der Waals surface area (Å²) >= 11 is 0. The molecule has 1 aromatic carbocycles. The average Bonchev–Trinajstić information content (AvgIpc) is 2.25. The molecule has 1 aliphatic rings. The molecule has 0 spiro atoms. The molecule has 1 aromatic rings. The first-order valence-corrected chi connectivity index (χ1v) is 4.93. The number of aromatic hydroxyl groups is 1. The van der Waals surface area contributed by atoms with Gasteiger partial charge in [0.05, 0.1) is 7.11 Å². The standard InChI is InChI=1S/C12H12O5/c1-6-12(2,15)8-4-7(16-3)5-9(13)10(8)11(14)17-6/h4-5,13,15H,1H2,2-3H3. The maximum absolute atomic E-state index is 11.6. The van der Waals surface area contributed by atoms with E-state index in [0.717, 1.165) is 0 Å². The fraction of sp³-hybridized carbons (Fsp3) is 0.250. The van der Waals surface area contributed by atoms with Gasteiger partial charge in [0, 0.05) is 11.6 Å². The zero-order valence-electron chi connectivity index (χ0n) is 9.48. The normalized spacial score (nSPS) is 23.0. The number of phenolic OH excluding ortho intramolecular Hbond substituents is 1. The summed E-state index contributed by atoms with van der Waals surface area (Å²) in [4.78, 5) is 11.6. The van der Waals surface area contributed by atoms with Crippen LogP contribution in [0.15, 0.2) is 24.5 Å². The number of hydrogen-bond donors (Lipinski definition) is 2. The van der Waals surface area contributed by atoms with E-state index in [1.54, 1.807) is 0 Å². The number of ether oxygens (including phenoxy) is 2. The molecule has 1 aliphatic heterocycles. The number of rotatable bonds is 1. The van der Waals surface area contributed by atoms with Crippen molar-refractivity contribution in [1.29, 1.82) is 0 Å². The number of carbonyl (C=O) groups excluding carboxylic acids is 1. The summed E-state index contributed by atoms with van der Waals surface area (Å²) in [5, 5.41) is 19.9. The van der Waals surface area contributed by atoms with E-state index in [0.29, 0.717) is 5.75 Å². The smallest absolute Gasteiger partial charge is 0.347 e. The predicted octanol–water partition coefficient (Wildman–Crippen LogP) is 1.29. The summed E-state index contributed by atoms with van der Waals surface area (Å²) in [6, 6.07) is 2.75. The highest BCUT2D eigenvalue weighted by Gasteiger charge is 2.41. The lowest BCUT2D eigenvalue weighted by Gasteiger charge is -2.32. The summed E-state index contributed by atoms with van der Waals surface area (Å²) in [5.74, 6) is -0.777. The van der Waals surface area contributed by atoms with Gasteiger partial charge in [-0.2, -0.15) is 0 Å². The Hall–Kier alpha value is -2.01. The maximum Gasteiger partial charge on any atom is 0.347 e. The van der Waals surface area contributed by atoms with Crippen molar-refractivity contribution < 1.29 is 24.5 Å². The van der Waals surface area contributed by atoms with E-state index in [1.165, 1.54) is 26.2 Å². The minimum atomic E-state index is -1.55. The quantitative estimate of drug-likeness (QED) is 0.718. The Morgan fingerprint density at radius 3 is 2.71 bits per heavy atom. The van der Waals surface area contributed by atoms with E-state index < -0.39 is 11.6 Å². The Bertz CT molecular complexity index is 516. The number of esters is 1. The molecule has 0 saturated carbocycles. The van der Waals surface area contributed by atoms with Gasteiger partial charge in [-0.05, 0) is 13.0 Å². The molecule has 0 aromatic heterocycles. The molecule has 0 saturated heterocycles. The van der Waals surface area contributed by atoms with Crippen LogP contribution in [-0.4, -0.2) is 23.3 Å². The fourth-order valence-corrected chi connectivity index (χ4v) is 1.73. The van der Waals surface area contributed by atoms with Crippen LogP contribution >= 0.6 is 0 Å². The number of benzene rings is 1. The highest BCUT2D eigenvalue weighted by atomic mass is 16.6. The summed E-state index contributed by atoms with van der Waals surface area (Å²) in [7, 11) is 1.42. The number of aliphatic hydroxyl groups is 1. The largest absolute Gasteiger partial charge is 0.507 e. The minimum absolute atomic E-state index is 0.0665. The number of cyclic esters (lactones) is 1. The van der Waals surface area contributed by atoms with Crippen LogP contribution in [-0.2, 0) is 10.3 Å². The molecule has 5 nitrogen and oxygen atoms in total. The first kappa shape index (κ1) is 11.5. The van der Waals surface area contributed by atoms with Crippen molar-refractivity contribution in [2.24, 2.45) is 0 Å². The van der Waals surface area contributed by atoms with Crippen LogP contribution in [0, 0.1) is 0 Å². The number of hydrogen-bond acceptors (Lipinski definition) is 5. The molecule has 2 N–H and O–H groups in total. The van der Waals surface area contributed by atoms with Crippen LogP contribution in [0.4, 0.5) is 0 Å². The van der Waals surface area contributed by atoms with Gasteiger partial charge in [0.25, 0.3) is 0 Å². The van der Waals surface area contributed by atoms with Gasteiger partial charge in [-0.15, -0.1) is 0 Å². The third-order valence-electron chi connectivity index (χ3n) is 2.81. The van der Waals surface area contributed by atoms with Crippen LogP contribution in [0.1, 0.15) is 22.8 Å². The van der Waals surface area contributed by atoms with E-state index in [9.17, 15) is 15.0 Å². The zero-order valence-corrected chi connectivity index (χ0v) is 9.48. The molecule has 1 atom stereocenters. The van der Waals surface area contributed by atoms with Crippen LogP contribution in [0.25, 0.3) is 0 Å². The van der Waals surface area contributed by atoms with Crippen molar-refractivity contribution in [3.05, 3.63) is 35.6 Å². The van der Waals surface area contributed by atoms with Gasteiger partial charge in [-0.1, -0.05) is 6.58 Å². The van der Waals surface area contributed by atoms with Crippen LogP contribution in [0.2, 0.25) is 0 Å². The molecule has 90 valence electrons. The van der Waals surface area contributed by atoms with Crippen molar-refractivity contribution in [2.45, 2.75) is 12.5 Å². The summed E-state index contributed by atoms with van der Waals surface area (Å²) in [5.41, 5.74) is -1.39. The van der Waals surface area contributed by atoms with Gasteiger partial charge in [-0.3, -0.25) is 0 Å². The van der Waals surface area contributed by atoms with Gasteiger partial charge >= 0.3 is 5.97 Å². The first-order valence-electron chi connectivity index (χ1n) is 4.93. The van der Waals surface area contributed by atoms with Gasteiger partial charge in [-0.25, -0.2) is 4.79 Å². The average molecular weight is 236 g/mol. The molecule has 0 amide bonds. The van der Waals surface area contributed by atoms with Gasteiger partial charge in [0.1, 0.15) is 28.4 Å². The Morgan fingerprint density at radius 2 is 2.12 bits per heavy atom. The molecule has 1 heterocycles. The highest BCUT2D eigenvalue weighted by Crippen LogP contribution is 2.42. The van der Waals surface area contributed by atoms with E-state index in [-0.39, 0.29) is 22.6 Å². The van der Waals surface area contributed by atoms with E-state index in [2.05, 4.69) is 6.58 Å². The number of phenols is 1. The molecule has 0 bridgehead atoms. The van der Waals surface area contributed by atoms with Gasteiger partial charge in [0.15, 0.2) is 0 Å². The molecule has 2 rings (SSSR count). The fourth-order valence-electron chi connectivity index (χ4n) is 1.73. The lowest BCUT2D eigenvalue weighted by Crippen LogP contribution is -2.34. The van der Waals surface area contributed by atoms with Crippen LogP contribution in [0.5, 0.6) is 11.5 Å². The number of carbonyl (C=O) groups is 1. The first-order chi connectivity index (χ1) is 7.87. The second-order valence-electron chi connectivity index (χ2n) is 3.95. The van der Waals surface area contributed by atoms with Gasteiger partial charge in [0.2, 0.25) is 0 Å². The van der Waals surface area contributed by atoms with E-state index in [4.69, 9.17) is 9.47 Å².